The molecule has 0 radical (unpaired) electrons. The fraction of sp³-hybridized carbons (Fsp3) is 0.455. The standard InChI is InChI=1S/C22H29N3O3/c1-14(2)19-21(26)25(20-17(28-19)10-11-18(23)24-20)12-13-27-16-8-6-15(7-9-16)22(3,4)5/h6-11,14,19H,12-13H2,1-5H3,(H2,23,24). The predicted molar refractivity (Wildman–Crippen MR) is 111 cm³/mol. The molecule has 3 rings (SSSR count). The smallest absolute Gasteiger partial charge is 0.269 e. The fourth-order valence-corrected chi connectivity index (χ4v) is 3.12. The molecule has 28 heavy (non-hydrogen) atoms. The first-order valence-electron chi connectivity index (χ1n) is 9.64. The second kappa shape index (κ2) is 7.70. The van der Waals surface area contributed by atoms with Crippen molar-refractivity contribution in [3.05, 3.63) is 42.0 Å². The maximum absolute atomic E-state index is 12.9. The third-order valence-electron chi connectivity index (χ3n) is 4.79. The van der Waals surface area contributed by atoms with E-state index in [0.29, 0.717) is 30.5 Å². The first kappa shape index (κ1) is 20.0. The molecule has 2 N–H and O–H groups in total. The van der Waals surface area contributed by atoms with Crippen molar-refractivity contribution in [3.8, 4) is 11.5 Å². The number of carbonyl (C=O) groups is 1. The molecule has 0 aliphatic carbocycles. The Morgan fingerprint density at radius 2 is 1.86 bits per heavy atom. The van der Waals surface area contributed by atoms with Crippen LogP contribution < -0.4 is 20.1 Å². The number of nitrogens with zero attached hydrogens (tertiary/aromatic N) is 2. The highest BCUT2D eigenvalue weighted by atomic mass is 16.5. The third kappa shape index (κ3) is 4.21. The number of benzene rings is 1. The summed E-state index contributed by atoms with van der Waals surface area (Å²) in [5.41, 5.74) is 7.16. The van der Waals surface area contributed by atoms with Crippen LogP contribution in [-0.2, 0) is 10.2 Å². The summed E-state index contributed by atoms with van der Waals surface area (Å²) in [5.74, 6) is 2.08. The van der Waals surface area contributed by atoms with Gasteiger partial charge in [0.05, 0.1) is 6.54 Å². The van der Waals surface area contributed by atoms with E-state index < -0.39 is 6.10 Å². The van der Waals surface area contributed by atoms with E-state index in [1.54, 1.807) is 17.0 Å². The lowest BCUT2D eigenvalue weighted by Crippen LogP contribution is -2.50. The van der Waals surface area contributed by atoms with E-state index in [2.05, 4.69) is 37.9 Å². The van der Waals surface area contributed by atoms with Gasteiger partial charge >= 0.3 is 0 Å². The number of fused-ring (bicyclic) bond motifs is 1. The van der Waals surface area contributed by atoms with E-state index in [0.717, 1.165) is 5.75 Å². The van der Waals surface area contributed by atoms with Crippen molar-refractivity contribution in [1.29, 1.82) is 0 Å². The Morgan fingerprint density at radius 3 is 2.46 bits per heavy atom. The molecule has 6 heteroatoms. The molecule has 1 aromatic carbocycles. The molecule has 1 amide bonds. The number of rotatable bonds is 5. The summed E-state index contributed by atoms with van der Waals surface area (Å²) in [6.45, 7) is 11.2. The van der Waals surface area contributed by atoms with Crippen molar-refractivity contribution >= 4 is 17.5 Å². The van der Waals surface area contributed by atoms with Crippen LogP contribution in [0.1, 0.15) is 40.2 Å². The van der Waals surface area contributed by atoms with Gasteiger partial charge in [-0.25, -0.2) is 4.98 Å². The lowest BCUT2D eigenvalue weighted by Gasteiger charge is -2.35. The number of nitrogen functional groups attached to an aromatic ring is 1. The van der Waals surface area contributed by atoms with E-state index >= 15 is 0 Å². The highest BCUT2D eigenvalue weighted by Crippen LogP contribution is 2.34. The molecule has 0 spiro atoms. The predicted octanol–water partition coefficient (Wildman–Crippen LogP) is 3.79. The second-order valence-electron chi connectivity index (χ2n) is 8.45. The van der Waals surface area contributed by atoms with Crippen molar-refractivity contribution in [3.63, 3.8) is 0 Å². The normalized spacial score (nSPS) is 16.7. The number of nitrogens with two attached hydrogens (primary N) is 1. The van der Waals surface area contributed by atoms with Gasteiger partial charge in [0, 0.05) is 0 Å². The number of hydrogen-bond acceptors (Lipinski definition) is 5. The number of anilines is 2. The minimum atomic E-state index is -0.538. The lowest BCUT2D eigenvalue weighted by atomic mass is 9.87. The summed E-state index contributed by atoms with van der Waals surface area (Å²) in [6.07, 6.45) is -0.538. The Bertz CT molecular complexity index is 841. The van der Waals surface area contributed by atoms with Crippen molar-refractivity contribution in [2.24, 2.45) is 5.92 Å². The number of hydrogen-bond donors (Lipinski definition) is 1. The summed E-state index contributed by atoms with van der Waals surface area (Å²) in [5, 5.41) is 0. The van der Waals surface area contributed by atoms with Gasteiger partial charge in [-0.15, -0.1) is 0 Å². The van der Waals surface area contributed by atoms with Gasteiger partial charge in [0.2, 0.25) is 0 Å². The summed E-state index contributed by atoms with van der Waals surface area (Å²) in [6, 6.07) is 11.5. The van der Waals surface area contributed by atoms with Crippen molar-refractivity contribution < 1.29 is 14.3 Å². The molecular formula is C22H29N3O3. The van der Waals surface area contributed by atoms with Gasteiger partial charge in [0.15, 0.2) is 17.7 Å². The van der Waals surface area contributed by atoms with Crippen molar-refractivity contribution in [2.45, 2.75) is 46.1 Å². The van der Waals surface area contributed by atoms with Crippen LogP contribution in [0.3, 0.4) is 0 Å². The molecule has 6 nitrogen and oxygen atoms in total. The SMILES string of the molecule is CC(C)C1Oc2ccc(N)nc2N(CCOc2ccc(C(C)(C)C)cc2)C1=O. The van der Waals surface area contributed by atoms with Gasteiger partial charge in [0.1, 0.15) is 18.2 Å². The molecule has 2 aromatic rings. The zero-order valence-electron chi connectivity index (χ0n) is 17.2. The number of aromatic nitrogens is 1. The monoisotopic (exact) mass is 383 g/mol. The van der Waals surface area contributed by atoms with Gasteiger partial charge < -0.3 is 15.2 Å². The first-order valence-corrected chi connectivity index (χ1v) is 9.64. The second-order valence-corrected chi connectivity index (χ2v) is 8.45. The Labute approximate surface area is 166 Å². The lowest BCUT2D eigenvalue weighted by molar-refractivity contribution is -0.128. The molecule has 0 fully saturated rings. The van der Waals surface area contributed by atoms with Crippen LogP contribution in [0.15, 0.2) is 36.4 Å². The van der Waals surface area contributed by atoms with E-state index in [4.69, 9.17) is 15.2 Å². The fourth-order valence-electron chi connectivity index (χ4n) is 3.12. The summed E-state index contributed by atoms with van der Waals surface area (Å²) < 4.78 is 11.7. The van der Waals surface area contributed by atoms with Gasteiger partial charge in [-0.05, 0) is 41.2 Å². The zero-order chi connectivity index (χ0) is 20.5. The van der Waals surface area contributed by atoms with Gasteiger partial charge in [-0.1, -0.05) is 46.8 Å². The number of pyridine rings is 1. The highest BCUT2D eigenvalue weighted by molar-refractivity contribution is 5.99. The minimum absolute atomic E-state index is 0.0477. The van der Waals surface area contributed by atoms with Gasteiger partial charge in [0.25, 0.3) is 5.91 Å². The van der Waals surface area contributed by atoms with Crippen LogP contribution in [0.4, 0.5) is 11.6 Å². The quantitative estimate of drug-likeness (QED) is 0.850. The maximum Gasteiger partial charge on any atom is 0.269 e. The van der Waals surface area contributed by atoms with Crippen molar-refractivity contribution in [2.75, 3.05) is 23.8 Å². The Kier molecular flexibility index (Phi) is 5.49. The molecule has 0 bridgehead atoms. The molecule has 0 saturated heterocycles. The van der Waals surface area contributed by atoms with E-state index in [-0.39, 0.29) is 17.2 Å². The van der Waals surface area contributed by atoms with Crippen LogP contribution in [0.5, 0.6) is 11.5 Å². The highest BCUT2D eigenvalue weighted by Gasteiger charge is 2.37. The summed E-state index contributed by atoms with van der Waals surface area (Å²) in [7, 11) is 0. The Balaban J connectivity index is 1.72. The molecule has 150 valence electrons. The summed E-state index contributed by atoms with van der Waals surface area (Å²) in [4.78, 5) is 18.8. The van der Waals surface area contributed by atoms with Crippen molar-refractivity contribution in [1.82, 2.24) is 4.98 Å². The largest absolute Gasteiger partial charge is 0.492 e. The zero-order valence-corrected chi connectivity index (χ0v) is 17.2. The Morgan fingerprint density at radius 1 is 1.18 bits per heavy atom. The molecule has 0 saturated carbocycles. The van der Waals surface area contributed by atoms with Crippen LogP contribution in [-0.4, -0.2) is 30.1 Å². The van der Waals surface area contributed by atoms with Crippen LogP contribution in [0, 0.1) is 5.92 Å². The van der Waals surface area contributed by atoms with E-state index in [1.807, 2.05) is 26.0 Å². The van der Waals surface area contributed by atoms with E-state index in [1.165, 1.54) is 5.56 Å². The molecule has 1 unspecified atom stereocenters. The Hall–Kier alpha value is -2.76. The number of ether oxygens (including phenoxy) is 2. The van der Waals surface area contributed by atoms with Crippen LogP contribution in [0.25, 0.3) is 0 Å². The van der Waals surface area contributed by atoms with Crippen LogP contribution >= 0.6 is 0 Å². The first-order chi connectivity index (χ1) is 13.2. The number of carbonyl (C=O) groups excluding carboxylic acids is 1. The molecule has 1 atom stereocenters. The van der Waals surface area contributed by atoms with Crippen LogP contribution in [0.2, 0.25) is 0 Å². The van der Waals surface area contributed by atoms with Gasteiger partial charge in [-0.2, -0.15) is 0 Å². The molecule has 2 heterocycles. The topological polar surface area (TPSA) is 77.7 Å². The maximum atomic E-state index is 12.9. The molecular weight excluding hydrogens is 354 g/mol. The summed E-state index contributed by atoms with van der Waals surface area (Å²) >= 11 is 0. The number of amides is 1. The van der Waals surface area contributed by atoms with Gasteiger partial charge in [-0.3, -0.25) is 9.69 Å². The third-order valence-corrected chi connectivity index (χ3v) is 4.79. The minimum Gasteiger partial charge on any atom is -0.492 e. The molecule has 1 aliphatic heterocycles. The molecule has 1 aliphatic rings. The average molecular weight is 383 g/mol. The van der Waals surface area contributed by atoms with E-state index in [9.17, 15) is 4.79 Å². The molecule has 1 aromatic heterocycles. The average Bonchev–Trinajstić information content (AvgIpc) is 2.63.